The number of ether oxygens (including phenoxy) is 3. The molecule has 1 aromatic carbocycles. The first-order chi connectivity index (χ1) is 11.4. The zero-order chi connectivity index (χ0) is 18.1. The van der Waals surface area contributed by atoms with Crippen molar-refractivity contribution in [2.75, 3.05) is 33.2 Å². The van der Waals surface area contributed by atoms with Gasteiger partial charge >= 0.3 is 11.9 Å². The van der Waals surface area contributed by atoms with E-state index < -0.39 is 11.9 Å². The molecule has 24 heavy (non-hydrogen) atoms. The van der Waals surface area contributed by atoms with Crippen molar-refractivity contribution in [1.29, 1.82) is 0 Å². The van der Waals surface area contributed by atoms with Crippen molar-refractivity contribution in [3.63, 3.8) is 0 Å². The minimum atomic E-state index is -0.746. The van der Waals surface area contributed by atoms with Gasteiger partial charge in [-0.15, -0.1) is 0 Å². The van der Waals surface area contributed by atoms with Gasteiger partial charge in [0.15, 0.2) is 6.61 Å². The van der Waals surface area contributed by atoms with Crippen LogP contribution in [0.1, 0.15) is 0 Å². The van der Waals surface area contributed by atoms with Crippen LogP contribution in [0.15, 0.2) is 34.4 Å². The maximum Gasteiger partial charge on any atom is 0.354 e. The smallest absolute Gasteiger partial charge is 0.354 e. The van der Waals surface area contributed by atoms with Crippen LogP contribution in [0.2, 0.25) is 0 Å². The van der Waals surface area contributed by atoms with Crippen molar-refractivity contribution in [1.82, 2.24) is 5.32 Å². The van der Waals surface area contributed by atoms with E-state index in [4.69, 9.17) is 4.74 Å². The lowest BCUT2D eigenvalue weighted by Crippen LogP contribution is -2.24. The molecule has 0 bridgehead atoms. The van der Waals surface area contributed by atoms with Crippen molar-refractivity contribution >= 4 is 39.5 Å². The number of methoxy groups -OCH3 is 2. The number of benzene rings is 1. The maximum atomic E-state index is 11.8. The van der Waals surface area contributed by atoms with Gasteiger partial charge in [-0.3, -0.25) is 4.79 Å². The van der Waals surface area contributed by atoms with E-state index in [1.807, 2.05) is 0 Å². The number of amides is 1. The zero-order valence-electron chi connectivity index (χ0n) is 13.3. The van der Waals surface area contributed by atoms with E-state index in [0.717, 1.165) is 6.08 Å². The Hall–Kier alpha value is -2.55. The molecule has 0 saturated carbocycles. The molecule has 1 amide bonds. The third-order valence-corrected chi connectivity index (χ3v) is 3.42. The fourth-order valence-corrected chi connectivity index (χ4v) is 1.83. The molecule has 130 valence electrons. The summed E-state index contributed by atoms with van der Waals surface area (Å²) in [5, 5.41) is 5.20. The molecule has 0 aliphatic heterocycles. The van der Waals surface area contributed by atoms with E-state index in [2.05, 4.69) is 36.0 Å². The lowest BCUT2D eigenvalue weighted by atomic mass is 10.2. The van der Waals surface area contributed by atoms with Crippen LogP contribution in [0, 0.1) is 0 Å². The number of rotatable bonds is 7. The highest BCUT2D eigenvalue weighted by atomic mass is 79.9. The van der Waals surface area contributed by atoms with E-state index >= 15 is 0 Å². The molecule has 9 heteroatoms. The summed E-state index contributed by atoms with van der Waals surface area (Å²) >= 11 is 3.31. The standard InChI is InChI=1S/C15H17BrN2O6/c1-17-13(19)8-24-9-4-5-10(16)11(6-9)18-12(15(21)23-3)7-14(20)22-2/h4-7,18H,8H2,1-3H3,(H,17,19)/b12-7+. The Balaban J connectivity index is 3.01. The topological polar surface area (TPSA) is 103 Å². The highest BCUT2D eigenvalue weighted by Crippen LogP contribution is 2.28. The predicted molar refractivity (Wildman–Crippen MR) is 89.4 cm³/mol. The number of hydrogen-bond acceptors (Lipinski definition) is 7. The second-order valence-electron chi connectivity index (χ2n) is 4.30. The van der Waals surface area contributed by atoms with Gasteiger partial charge in [0.05, 0.1) is 26.0 Å². The second-order valence-corrected chi connectivity index (χ2v) is 5.16. The fraction of sp³-hybridized carbons (Fsp3) is 0.267. The van der Waals surface area contributed by atoms with Gasteiger partial charge in [-0.1, -0.05) is 0 Å². The third kappa shape index (κ3) is 5.92. The van der Waals surface area contributed by atoms with Crippen molar-refractivity contribution in [2.45, 2.75) is 0 Å². The molecule has 0 fully saturated rings. The summed E-state index contributed by atoms with van der Waals surface area (Å²) in [6.45, 7) is -0.153. The normalized spacial score (nSPS) is 10.6. The fourth-order valence-electron chi connectivity index (χ4n) is 1.49. The number of esters is 2. The van der Waals surface area contributed by atoms with Gasteiger partial charge in [-0.25, -0.2) is 9.59 Å². The second kappa shape index (κ2) is 9.56. The molecule has 2 N–H and O–H groups in total. The SMILES string of the molecule is CNC(=O)COc1ccc(Br)c(N/C(=C/C(=O)OC)C(=O)OC)c1. The van der Waals surface area contributed by atoms with E-state index in [1.54, 1.807) is 18.2 Å². The number of anilines is 1. The van der Waals surface area contributed by atoms with Crippen LogP contribution >= 0.6 is 15.9 Å². The average molecular weight is 401 g/mol. The van der Waals surface area contributed by atoms with Crippen LogP contribution < -0.4 is 15.4 Å². The summed E-state index contributed by atoms with van der Waals surface area (Å²) in [5.74, 6) is -1.35. The monoisotopic (exact) mass is 400 g/mol. The van der Waals surface area contributed by atoms with Crippen LogP contribution in [-0.2, 0) is 23.9 Å². The van der Waals surface area contributed by atoms with E-state index in [0.29, 0.717) is 15.9 Å². The number of halogens is 1. The molecule has 0 aliphatic carbocycles. The van der Waals surface area contributed by atoms with Crippen LogP contribution in [0.25, 0.3) is 0 Å². The molecule has 0 atom stereocenters. The highest BCUT2D eigenvalue weighted by molar-refractivity contribution is 9.10. The Labute approximate surface area is 147 Å². The number of likely N-dealkylation sites (N-methyl/N-ethyl adjacent to an activating group) is 1. The van der Waals surface area contributed by atoms with Crippen LogP contribution in [-0.4, -0.2) is 45.7 Å². The lowest BCUT2D eigenvalue weighted by Gasteiger charge is -2.13. The lowest BCUT2D eigenvalue weighted by molar-refractivity contribution is -0.138. The number of carbonyl (C=O) groups is 3. The van der Waals surface area contributed by atoms with Crippen molar-refractivity contribution < 1.29 is 28.6 Å². The van der Waals surface area contributed by atoms with Gasteiger partial charge in [-0.05, 0) is 28.1 Å². The molecule has 0 radical (unpaired) electrons. The van der Waals surface area contributed by atoms with Gasteiger partial charge in [-0.2, -0.15) is 0 Å². The Bertz CT molecular complexity index is 659. The molecule has 0 aliphatic rings. The summed E-state index contributed by atoms with van der Waals surface area (Å²) in [5.41, 5.74) is 0.318. The number of nitrogens with one attached hydrogen (secondary N) is 2. The molecule has 1 rings (SSSR count). The summed E-state index contributed by atoms with van der Waals surface area (Å²) < 4.78 is 15.0. The van der Waals surface area contributed by atoms with E-state index in [-0.39, 0.29) is 18.2 Å². The quantitative estimate of drug-likeness (QED) is 0.523. The number of carbonyl (C=O) groups excluding carboxylic acids is 3. The average Bonchev–Trinajstić information content (AvgIpc) is 2.60. The Morgan fingerprint density at radius 2 is 1.92 bits per heavy atom. The predicted octanol–water partition coefficient (Wildman–Crippen LogP) is 1.22. The molecule has 1 aromatic rings. The molecule has 0 spiro atoms. The summed E-state index contributed by atoms with van der Waals surface area (Å²) in [6.07, 6.45) is 0.969. The summed E-state index contributed by atoms with van der Waals surface area (Å²) in [7, 11) is 3.88. The Kier molecular flexibility index (Phi) is 7.76. The first kappa shape index (κ1) is 19.5. The van der Waals surface area contributed by atoms with Crippen LogP contribution in [0.5, 0.6) is 5.75 Å². The van der Waals surface area contributed by atoms with Gasteiger partial charge in [0, 0.05) is 17.6 Å². The molecule has 0 aromatic heterocycles. The van der Waals surface area contributed by atoms with Crippen molar-refractivity contribution in [3.05, 3.63) is 34.4 Å². The molecule has 0 unspecified atom stereocenters. The highest BCUT2D eigenvalue weighted by Gasteiger charge is 2.15. The number of hydrogen-bond donors (Lipinski definition) is 2. The summed E-state index contributed by atoms with van der Waals surface area (Å²) in [4.78, 5) is 34.3. The minimum absolute atomic E-state index is 0.117. The van der Waals surface area contributed by atoms with Crippen molar-refractivity contribution in [3.8, 4) is 5.75 Å². The van der Waals surface area contributed by atoms with Gasteiger partial charge < -0.3 is 24.8 Å². The molecule has 8 nitrogen and oxygen atoms in total. The molecule has 0 saturated heterocycles. The molecular weight excluding hydrogens is 384 g/mol. The van der Waals surface area contributed by atoms with Crippen molar-refractivity contribution in [2.24, 2.45) is 0 Å². The minimum Gasteiger partial charge on any atom is -0.484 e. The van der Waals surface area contributed by atoms with Gasteiger partial charge in [0.2, 0.25) is 0 Å². The van der Waals surface area contributed by atoms with Crippen LogP contribution in [0.3, 0.4) is 0 Å². The molecule has 0 heterocycles. The van der Waals surface area contributed by atoms with E-state index in [9.17, 15) is 14.4 Å². The largest absolute Gasteiger partial charge is 0.484 e. The van der Waals surface area contributed by atoms with Gasteiger partial charge in [0.25, 0.3) is 5.91 Å². The third-order valence-electron chi connectivity index (χ3n) is 2.72. The first-order valence-corrected chi connectivity index (χ1v) is 7.48. The Morgan fingerprint density at radius 3 is 2.50 bits per heavy atom. The first-order valence-electron chi connectivity index (χ1n) is 6.69. The maximum absolute atomic E-state index is 11.8. The Morgan fingerprint density at radius 1 is 1.21 bits per heavy atom. The van der Waals surface area contributed by atoms with Gasteiger partial charge in [0.1, 0.15) is 11.4 Å². The van der Waals surface area contributed by atoms with E-state index in [1.165, 1.54) is 21.3 Å². The summed E-state index contributed by atoms with van der Waals surface area (Å²) in [6, 6.07) is 4.86. The van der Waals surface area contributed by atoms with Crippen LogP contribution in [0.4, 0.5) is 5.69 Å². The zero-order valence-corrected chi connectivity index (χ0v) is 14.9. The molecular formula is C15H17BrN2O6.